The van der Waals surface area contributed by atoms with Gasteiger partial charge in [-0.05, 0) is 44.9 Å². The maximum absolute atomic E-state index is 8.97. The Morgan fingerprint density at radius 3 is 3.13 bits per heavy atom. The largest absolute Gasteiger partial charge is 0.336 e. The van der Waals surface area contributed by atoms with E-state index in [9.17, 15) is 0 Å². The number of hydrogen-bond acceptors (Lipinski definition) is 2. The lowest BCUT2D eigenvalue weighted by Gasteiger charge is -2.30. The first kappa shape index (κ1) is 10.3. The Morgan fingerprint density at radius 1 is 1.53 bits per heavy atom. The van der Waals surface area contributed by atoms with Crippen molar-refractivity contribution in [3.8, 4) is 6.07 Å². The number of nitriles is 1. The van der Waals surface area contributed by atoms with Gasteiger partial charge in [-0.25, -0.2) is 0 Å². The average molecular weight is 203 g/mol. The van der Waals surface area contributed by atoms with Gasteiger partial charge in [-0.3, -0.25) is 0 Å². The van der Waals surface area contributed by atoms with Crippen LogP contribution in [0, 0.1) is 11.3 Å². The molecule has 2 atom stereocenters. The fourth-order valence-electron chi connectivity index (χ4n) is 2.49. The highest BCUT2D eigenvalue weighted by Crippen LogP contribution is 2.29. The van der Waals surface area contributed by atoms with Crippen LogP contribution in [0.3, 0.4) is 0 Å². The second kappa shape index (κ2) is 4.50. The first-order chi connectivity index (χ1) is 7.35. The van der Waals surface area contributed by atoms with Crippen LogP contribution in [0.5, 0.6) is 0 Å². The van der Waals surface area contributed by atoms with E-state index in [2.05, 4.69) is 16.0 Å². The Morgan fingerprint density at radius 2 is 2.40 bits per heavy atom. The highest BCUT2D eigenvalue weighted by atomic mass is 15.0. The summed E-state index contributed by atoms with van der Waals surface area (Å²) in [5, 5.41) is 12.3. The molecule has 1 saturated carbocycles. The number of aromatic nitrogens is 1. The quantitative estimate of drug-likeness (QED) is 0.799. The van der Waals surface area contributed by atoms with Crippen molar-refractivity contribution in [2.24, 2.45) is 0 Å². The molecule has 80 valence electrons. The summed E-state index contributed by atoms with van der Waals surface area (Å²) in [5.41, 5.74) is 0.789. The van der Waals surface area contributed by atoms with E-state index in [0.717, 1.165) is 12.1 Å². The van der Waals surface area contributed by atoms with Gasteiger partial charge < -0.3 is 9.88 Å². The van der Waals surface area contributed by atoms with Crippen LogP contribution in [0.25, 0.3) is 0 Å². The van der Waals surface area contributed by atoms with Crippen molar-refractivity contribution in [3.63, 3.8) is 0 Å². The van der Waals surface area contributed by atoms with Crippen LogP contribution in [0.1, 0.15) is 37.4 Å². The van der Waals surface area contributed by atoms with Crippen molar-refractivity contribution < 1.29 is 0 Å². The number of hydrogen-bond donors (Lipinski definition) is 1. The van der Waals surface area contributed by atoms with E-state index in [4.69, 9.17) is 5.26 Å². The lowest BCUT2D eigenvalue weighted by atomic mass is 9.91. The van der Waals surface area contributed by atoms with Gasteiger partial charge in [0.25, 0.3) is 0 Å². The smallest absolute Gasteiger partial charge is 0.120 e. The molecular weight excluding hydrogens is 186 g/mol. The summed E-state index contributed by atoms with van der Waals surface area (Å²) in [4.78, 5) is 0. The van der Waals surface area contributed by atoms with Gasteiger partial charge in [0.1, 0.15) is 11.8 Å². The zero-order chi connectivity index (χ0) is 10.7. The van der Waals surface area contributed by atoms with Gasteiger partial charge >= 0.3 is 0 Å². The normalized spacial score (nSPS) is 26.1. The van der Waals surface area contributed by atoms with Crippen LogP contribution in [0.4, 0.5) is 0 Å². The third kappa shape index (κ3) is 2.05. The van der Waals surface area contributed by atoms with Crippen molar-refractivity contribution in [1.29, 1.82) is 5.26 Å². The molecule has 1 aliphatic carbocycles. The topological polar surface area (TPSA) is 40.8 Å². The SMILES string of the molecule is CNC1CCCC(n2cccc2C#N)C1. The van der Waals surface area contributed by atoms with Crippen LogP contribution in [-0.4, -0.2) is 17.7 Å². The van der Waals surface area contributed by atoms with Crippen LogP contribution in [0.2, 0.25) is 0 Å². The highest BCUT2D eigenvalue weighted by molar-refractivity contribution is 5.23. The molecule has 0 spiro atoms. The van der Waals surface area contributed by atoms with E-state index < -0.39 is 0 Å². The molecule has 0 amide bonds. The average Bonchev–Trinajstić information content (AvgIpc) is 2.77. The van der Waals surface area contributed by atoms with E-state index in [1.54, 1.807) is 0 Å². The van der Waals surface area contributed by atoms with Gasteiger partial charge in [0, 0.05) is 18.3 Å². The molecule has 2 rings (SSSR count). The molecule has 3 nitrogen and oxygen atoms in total. The third-order valence-corrected chi connectivity index (χ3v) is 3.34. The molecular formula is C12H17N3. The first-order valence-electron chi connectivity index (χ1n) is 5.59. The summed E-state index contributed by atoms with van der Waals surface area (Å²) in [6, 6.07) is 7.21. The summed E-state index contributed by atoms with van der Waals surface area (Å²) < 4.78 is 2.13. The minimum absolute atomic E-state index is 0.501. The molecule has 1 aromatic heterocycles. The van der Waals surface area contributed by atoms with Crippen molar-refractivity contribution in [3.05, 3.63) is 24.0 Å². The zero-order valence-corrected chi connectivity index (χ0v) is 9.11. The second-order valence-electron chi connectivity index (χ2n) is 4.22. The van der Waals surface area contributed by atoms with E-state index >= 15 is 0 Å². The molecule has 0 aromatic carbocycles. The highest BCUT2D eigenvalue weighted by Gasteiger charge is 2.22. The van der Waals surface area contributed by atoms with Gasteiger partial charge in [-0.2, -0.15) is 5.26 Å². The molecule has 0 bridgehead atoms. The van der Waals surface area contributed by atoms with E-state index in [-0.39, 0.29) is 0 Å². The molecule has 1 heterocycles. The maximum atomic E-state index is 8.97. The maximum Gasteiger partial charge on any atom is 0.120 e. The zero-order valence-electron chi connectivity index (χ0n) is 9.11. The lowest BCUT2D eigenvalue weighted by molar-refractivity contribution is 0.294. The van der Waals surface area contributed by atoms with Crippen LogP contribution in [-0.2, 0) is 0 Å². The molecule has 1 fully saturated rings. The van der Waals surface area contributed by atoms with E-state index in [1.165, 1.54) is 19.3 Å². The molecule has 1 N–H and O–H groups in total. The van der Waals surface area contributed by atoms with Crippen molar-refractivity contribution >= 4 is 0 Å². The van der Waals surface area contributed by atoms with E-state index in [0.29, 0.717) is 12.1 Å². The summed E-state index contributed by atoms with van der Waals surface area (Å²) in [7, 11) is 2.02. The van der Waals surface area contributed by atoms with Crippen molar-refractivity contribution in [2.45, 2.75) is 37.8 Å². The summed E-state index contributed by atoms with van der Waals surface area (Å²) in [6.45, 7) is 0. The fraction of sp³-hybridized carbons (Fsp3) is 0.583. The molecule has 0 aliphatic heterocycles. The van der Waals surface area contributed by atoms with Gasteiger partial charge in [0.05, 0.1) is 0 Å². The minimum atomic E-state index is 0.501. The second-order valence-corrected chi connectivity index (χ2v) is 4.22. The van der Waals surface area contributed by atoms with E-state index in [1.807, 2.05) is 25.4 Å². The molecule has 1 aliphatic rings. The Hall–Kier alpha value is -1.27. The number of nitrogens with one attached hydrogen (secondary N) is 1. The Labute approximate surface area is 90.7 Å². The molecule has 1 aromatic rings. The molecule has 0 saturated heterocycles. The summed E-state index contributed by atoms with van der Waals surface area (Å²) >= 11 is 0. The first-order valence-corrected chi connectivity index (χ1v) is 5.59. The molecule has 15 heavy (non-hydrogen) atoms. The monoisotopic (exact) mass is 203 g/mol. The Bertz CT molecular complexity index is 361. The standard InChI is InChI=1S/C12H17N3/c1-14-10-4-2-5-11(8-10)15-7-3-6-12(15)9-13/h3,6-7,10-11,14H,2,4-5,8H2,1H3. The lowest BCUT2D eigenvalue weighted by Crippen LogP contribution is -2.32. The third-order valence-electron chi connectivity index (χ3n) is 3.34. The van der Waals surface area contributed by atoms with Gasteiger partial charge in [-0.1, -0.05) is 0 Å². The Balaban J connectivity index is 2.14. The number of nitrogens with zero attached hydrogens (tertiary/aromatic N) is 2. The fourth-order valence-corrected chi connectivity index (χ4v) is 2.49. The van der Waals surface area contributed by atoms with Gasteiger partial charge in [0.2, 0.25) is 0 Å². The molecule has 2 unspecified atom stereocenters. The van der Waals surface area contributed by atoms with Crippen LogP contribution in [0.15, 0.2) is 18.3 Å². The van der Waals surface area contributed by atoms with Crippen LogP contribution < -0.4 is 5.32 Å². The van der Waals surface area contributed by atoms with Crippen LogP contribution >= 0.6 is 0 Å². The summed E-state index contributed by atoms with van der Waals surface area (Å²) in [6.07, 6.45) is 6.87. The molecule has 3 heteroatoms. The summed E-state index contributed by atoms with van der Waals surface area (Å²) in [5.74, 6) is 0. The Kier molecular flexibility index (Phi) is 3.08. The van der Waals surface area contributed by atoms with Crippen molar-refractivity contribution in [2.75, 3.05) is 7.05 Å². The predicted octanol–water partition coefficient (Wildman–Crippen LogP) is 2.06. The van der Waals surface area contributed by atoms with Gasteiger partial charge in [-0.15, -0.1) is 0 Å². The van der Waals surface area contributed by atoms with Gasteiger partial charge in [0.15, 0.2) is 0 Å². The number of rotatable bonds is 2. The molecule has 0 radical (unpaired) electrons. The predicted molar refractivity (Wildman–Crippen MR) is 59.5 cm³/mol. The van der Waals surface area contributed by atoms with Crippen molar-refractivity contribution in [1.82, 2.24) is 9.88 Å². The minimum Gasteiger partial charge on any atom is -0.336 e.